The topological polar surface area (TPSA) is 148 Å². The predicted octanol–water partition coefficient (Wildman–Crippen LogP) is 20.5. The Balaban J connectivity index is -0.000000486. The minimum atomic E-state index is -3.58. The summed E-state index contributed by atoms with van der Waals surface area (Å²) in [6.07, 6.45) is 57.9. The maximum atomic E-state index is 11.8. The molecule has 73 heavy (non-hydrogen) atoms. The molecule has 0 aliphatic heterocycles. The van der Waals surface area contributed by atoms with Gasteiger partial charge in [-0.1, -0.05) is 311 Å². The average Bonchev–Trinajstić information content (AvgIpc) is 3.35. The van der Waals surface area contributed by atoms with Gasteiger partial charge in [0.2, 0.25) is 0 Å². The van der Waals surface area contributed by atoms with Gasteiger partial charge in [0.05, 0.1) is 19.8 Å². The van der Waals surface area contributed by atoms with Gasteiger partial charge in [0.1, 0.15) is 22.8 Å². The van der Waals surface area contributed by atoms with Crippen molar-refractivity contribution in [1.29, 1.82) is 0 Å². The van der Waals surface area contributed by atoms with E-state index in [1.165, 1.54) is 212 Å². The molecule has 0 aliphatic carbocycles. The Labute approximate surface area is 467 Å². The van der Waals surface area contributed by atoms with E-state index in [-0.39, 0.29) is 35.6 Å². The summed E-state index contributed by atoms with van der Waals surface area (Å²) in [7, 11) is -10.7. The number of hydrogen-bond acceptors (Lipinski definition) is 9. The first kappa shape index (κ1) is 80.4. The zero-order valence-corrected chi connectivity index (χ0v) is 53.3. The predicted molar refractivity (Wildman–Crippen MR) is 311 cm³/mol. The SMILES string of the molecule is CCCCCCCCCCOP(=O)([O-])CCCCCCCCCC.CCCCCCCCCCOP(=O)([O-])CCCCCCCCCC.CCCCCCCCCCOP(=O)([O-])CCCCCCCCCC.[Fe+3]. The smallest absolute Gasteiger partial charge is 0.778 e. The average molecular weight is 1140 g/mol. The van der Waals surface area contributed by atoms with Crippen LogP contribution in [0.5, 0.6) is 0 Å². The molecular formula is C60H126FeO9P3. The fraction of sp³-hybridized carbons (Fsp3) is 1.00. The molecule has 0 heterocycles. The van der Waals surface area contributed by atoms with Crippen LogP contribution >= 0.6 is 22.8 Å². The van der Waals surface area contributed by atoms with Crippen LogP contribution in [0.25, 0.3) is 0 Å². The van der Waals surface area contributed by atoms with Crippen molar-refractivity contribution in [1.82, 2.24) is 0 Å². The minimum absolute atomic E-state index is 0. The molecule has 0 N–H and O–H groups in total. The second-order valence-electron chi connectivity index (χ2n) is 21.4. The Hall–Kier alpha value is 0.969. The van der Waals surface area contributed by atoms with Gasteiger partial charge in [-0.15, -0.1) is 0 Å². The monoisotopic (exact) mass is 1140 g/mol. The van der Waals surface area contributed by atoms with Crippen LogP contribution in [0.2, 0.25) is 0 Å². The Morgan fingerprint density at radius 1 is 0.219 bits per heavy atom. The summed E-state index contributed by atoms with van der Waals surface area (Å²) in [5, 5.41) is 0. The molecule has 0 fully saturated rings. The van der Waals surface area contributed by atoms with Gasteiger partial charge < -0.3 is 41.9 Å². The molecule has 1 radical (unpaired) electrons. The molecule has 443 valence electrons. The van der Waals surface area contributed by atoms with Gasteiger partial charge in [-0.25, -0.2) is 0 Å². The number of hydrogen-bond donors (Lipinski definition) is 0. The van der Waals surface area contributed by atoms with Crippen LogP contribution < -0.4 is 14.7 Å². The third kappa shape index (κ3) is 75.1. The molecule has 0 saturated heterocycles. The molecular weight excluding hydrogens is 1010 g/mol. The summed E-state index contributed by atoms with van der Waals surface area (Å²) in [4.78, 5) is 35.5. The fourth-order valence-corrected chi connectivity index (χ4v) is 12.3. The van der Waals surface area contributed by atoms with Crippen molar-refractivity contribution >= 4 is 22.8 Å². The molecule has 0 amide bonds. The van der Waals surface area contributed by atoms with Gasteiger partial charge in [0.25, 0.3) is 0 Å². The van der Waals surface area contributed by atoms with Crippen molar-refractivity contribution in [2.75, 3.05) is 38.3 Å². The largest absolute Gasteiger partial charge is 3.00 e. The van der Waals surface area contributed by atoms with Crippen molar-refractivity contribution in [3.8, 4) is 0 Å². The zero-order valence-electron chi connectivity index (χ0n) is 49.6. The second-order valence-corrected chi connectivity index (χ2v) is 27.1. The first-order valence-electron chi connectivity index (χ1n) is 31.7. The van der Waals surface area contributed by atoms with Crippen molar-refractivity contribution in [3.63, 3.8) is 0 Å². The molecule has 0 rings (SSSR count). The Kier molecular flexibility index (Phi) is 72.2. The van der Waals surface area contributed by atoms with E-state index in [9.17, 15) is 28.4 Å². The van der Waals surface area contributed by atoms with E-state index in [0.717, 1.165) is 96.3 Å². The quantitative estimate of drug-likeness (QED) is 0.0330. The van der Waals surface area contributed by atoms with Gasteiger partial charge in [0.15, 0.2) is 0 Å². The van der Waals surface area contributed by atoms with Crippen molar-refractivity contribution < 1.29 is 59.0 Å². The maximum Gasteiger partial charge on any atom is 3.00 e. The van der Waals surface area contributed by atoms with Gasteiger partial charge in [0, 0.05) is 18.5 Å². The van der Waals surface area contributed by atoms with Gasteiger partial charge in [-0.2, -0.15) is 0 Å². The second kappa shape index (κ2) is 65.5. The summed E-state index contributed by atoms with van der Waals surface area (Å²) in [5.74, 6) is 0. The van der Waals surface area contributed by atoms with E-state index >= 15 is 0 Å². The van der Waals surface area contributed by atoms with Crippen LogP contribution in [-0.2, 0) is 44.3 Å². The molecule has 13 heteroatoms. The summed E-state index contributed by atoms with van der Waals surface area (Å²) < 4.78 is 50.9. The molecule has 0 aliphatic rings. The molecule has 0 aromatic heterocycles. The van der Waals surface area contributed by atoms with E-state index in [2.05, 4.69) is 41.5 Å². The molecule has 0 spiro atoms. The Morgan fingerprint density at radius 2 is 0.342 bits per heavy atom. The van der Waals surface area contributed by atoms with Crippen LogP contribution in [0.3, 0.4) is 0 Å². The molecule has 9 nitrogen and oxygen atoms in total. The maximum absolute atomic E-state index is 11.8. The van der Waals surface area contributed by atoms with Crippen LogP contribution in [0, 0.1) is 0 Å². The summed E-state index contributed by atoms with van der Waals surface area (Å²) >= 11 is 0. The van der Waals surface area contributed by atoms with Gasteiger partial charge in [-0.3, -0.25) is 0 Å². The van der Waals surface area contributed by atoms with E-state index in [4.69, 9.17) is 13.6 Å². The number of unbranched alkanes of at least 4 members (excludes halogenated alkanes) is 42. The fourth-order valence-electron chi connectivity index (χ4n) is 8.83. The van der Waals surface area contributed by atoms with E-state index in [1.54, 1.807) is 0 Å². The van der Waals surface area contributed by atoms with Gasteiger partial charge >= 0.3 is 17.1 Å². The summed E-state index contributed by atoms with van der Waals surface area (Å²) in [6.45, 7) is 14.5. The van der Waals surface area contributed by atoms with Crippen LogP contribution in [0.15, 0.2) is 0 Å². The Bertz CT molecular complexity index is 1030. The molecule has 3 unspecified atom stereocenters. The minimum Gasteiger partial charge on any atom is -0.778 e. The summed E-state index contributed by atoms with van der Waals surface area (Å²) in [5.41, 5.74) is 0. The van der Waals surface area contributed by atoms with Crippen LogP contribution in [-0.4, -0.2) is 38.3 Å². The van der Waals surface area contributed by atoms with E-state index < -0.39 is 22.8 Å². The van der Waals surface area contributed by atoms with Crippen LogP contribution in [0.1, 0.15) is 350 Å². The third-order valence-corrected chi connectivity index (χ3v) is 18.0. The first-order chi connectivity index (χ1) is 34.9. The van der Waals surface area contributed by atoms with Crippen LogP contribution in [0.4, 0.5) is 0 Å². The normalized spacial score (nSPS) is 13.8. The van der Waals surface area contributed by atoms with Crippen molar-refractivity contribution in [2.45, 2.75) is 350 Å². The molecule has 0 aromatic carbocycles. The van der Waals surface area contributed by atoms with Crippen molar-refractivity contribution in [3.05, 3.63) is 0 Å². The van der Waals surface area contributed by atoms with E-state index in [0.29, 0.717) is 19.8 Å². The molecule has 0 bridgehead atoms. The standard InChI is InChI=1S/3C20H43O3P.Fe/c3*1-3-5-7-9-11-13-15-17-19-23-24(21,22)20-18-16-14-12-10-8-6-4-2;/h3*3-20H2,1-2H3,(H,21,22);/q;;;+3/p-3. The molecule has 3 atom stereocenters. The van der Waals surface area contributed by atoms with Gasteiger partial charge in [-0.05, 0) is 38.5 Å². The first-order valence-corrected chi connectivity index (χ1v) is 36.9. The van der Waals surface area contributed by atoms with Crippen molar-refractivity contribution in [2.24, 2.45) is 0 Å². The van der Waals surface area contributed by atoms with E-state index in [1.807, 2.05) is 0 Å². The molecule has 0 saturated carbocycles. The summed E-state index contributed by atoms with van der Waals surface area (Å²) in [6, 6.07) is 0. The number of rotatable bonds is 57. The Morgan fingerprint density at radius 3 is 0.493 bits per heavy atom. The zero-order chi connectivity index (χ0) is 53.8. The third-order valence-electron chi connectivity index (χ3n) is 13.7. The molecule has 0 aromatic rings.